The van der Waals surface area contributed by atoms with E-state index in [1.807, 2.05) is 0 Å². The smallest absolute Gasteiger partial charge is 0.171 e. The minimum Gasteiger partial charge on any atom is -0.382 e. The van der Waals surface area contributed by atoms with Crippen molar-refractivity contribution in [1.82, 2.24) is 0 Å². The third-order valence-electron chi connectivity index (χ3n) is 4.11. The number of pyridine rings is 1. The second kappa shape index (κ2) is 13.3. The van der Waals surface area contributed by atoms with Crippen molar-refractivity contribution in [2.45, 2.75) is 33.2 Å². The lowest BCUT2D eigenvalue weighted by molar-refractivity contribution is -0.698. The minimum absolute atomic E-state index is 0.589. The van der Waals surface area contributed by atoms with Crippen molar-refractivity contribution in [2.75, 3.05) is 53.4 Å². The van der Waals surface area contributed by atoms with Crippen LogP contribution in [0, 0.1) is 5.92 Å². The van der Waals surface area contributed by atoms with Crippen molar-refractivity contribution in [3.05, 3.63) is 30.1 Å². The van der Waals surface area contributed by atoms with Crippen LogP contribution >= 0.6 is 0 Å². The molecule has 0 spiro atoms. The molecule has 0 aliphatic carbocycles. The van der Waals surface area contributed by atoms with E-state index in [1.54, 1.807) is 7.11 Å². The van der Waals surface area contributed by atoms with Crippen molar-refractivity contribution < 1.29 is 23.5 Å². The SMILES string of the molecule is COCCOCCOCCOCC[n+]1ccc(C(C)C(C)C)cc1. The summed E-state index contributed by atoms with van der Waals surface area (Å²) in [4.78, 5) is 0. The van der Waals surface area contributed by atoms with Crippen molar-refractivity contribution in [3.63, 3.8) is 0 Å². The Morgan fingerprint density at radius 2 is 1.29 bits per heavy atom. The highest BCUT2D eigenvalue weighted by atomic mass is 16.6. The van der Waals surface area contributed by atoms with Crippen molar-refractivity contribution >= 4 is 0 Å². The van der Waals surface area contributed by atoms with Crippen LogP contribution in [0.3, 0.4) is 0 Å². The summed E-state index contributed by atoms with van der Waals surface area (Å²) in [6.45, 7) is 12.0. The fraction of sp³-hybridized carbons (Fsp3) is 0.737. The largest absolute Gasteiger partial charge is 0.382 e. The van der Waals surface area contributed by atoms with E-state index in [1.165, 1.54) is 5.56 Å². The molecule has 0 fully saturated rings. The summed E-state index contributed by atoms with van der Waals surface area (Å²) in [5.41, 5.74) is 1.39. The summed E-state index contributed by atoms with van der Waals surface area (Å²) < 4.78 is 23.4. The molecule has 0 aliphatic heterocycles. The molecule has 5 heteroatoms. The fourth-order valence-electron chi connectivity index (χ4n) is 2.16. The van der Waals surface area contributed by atoms with Crippen molar-refractivity contribution in [3.8, 4) is 0 Å². The van der Waals surface area contributed by atoms with Gasteiger partial charge in [-0.3, -0.25) is 0 Å². The van der Waals surface area contributed by atoms with Crippen LogP contribution in [0.25, 0.3) is 0 Å². The molecule has 0 amide bonds. The van der Waals surface area contributed by atoms with Crippen LogP contribution in [0.15, 0.2) is 24.5 Å². The van der Waals surface area contributed by atoms with E-state index < -0.39 is 0 Å². The lowest BCUT2D eigenvalue weighted by Gasteiger charge is -2.14. The van der Waals surface area contributed by atoms with Crippen LogP contribution in [-0.2, 0) is 25.5 Å². The highest BCUT2D eigenvalue weighted by Gasteiger charge is 2.11. The summed E-state index contributed by atoms with van der Waals surface area (Å²) >= 11 is 0. The van der Waals surface area contributed by atoms with Gasteiger partial charge in [-0.15, -0.1) is 0 Å². The Kier molecular flexibility index (Phi) is 11.7. The van der Waals surface area contributed by atoms with Gasteiger partial charge in [0.1, 0.15) is 6.61 Å². The second-order valence-corrected chi connectivity index (χ2v) is 6.23. The molecule has 0 saturated carbocycles. The number of nitrogens with zero attached hydrogens (tertiary/aromatic N) is 1. The maximum atomic E-state index is 5.59. The van der Waals surface area contributed by atoms with Gasteiger partial charge in [-0.2, -0.15) is 0 Å². The molecule has 0 aromatic carbocycles. The highest BCUT2D eigenvalue weighted by Crippen LogP contribution is 2.21. The highest BCUT2D eigenvalue weighted by molar-refractivity contribution is 5.13. The fourth-order valence-corrected chi connectivity index (χ4v) is 2.16. The number of rotatable bonds is 14. The predicted octanol–water partition coefficient (Wildman–Crippen LogP) is 2.43. The summed E-state index contributed by atoms with van der Waals surface area (Å²) in [5, 5.41) is 0. The van der Waals surface area contributed by atoms with Crippen molar-refractivity contribution in [1.29, 1.82) is 0 Å². The minimum atomic E-state index is 0.589. The first-order valence-corrected chi connectivity index (χ1v) is 8.86. The van der Waals surface area contributed by atoms with Crippen LogP contribution in [-0.4, -0.2) is 53.4 Å². The Morgan fingerprint density at radius 3 is 1.79 bits per heavy atom. The summed E-state index contributed by atoms with van der Waals surface area (Å²) in [6.07, 6.45) is 4.26. The van der Waals surface area contributed by atoms with Gasteiger partial charge in [-0.25, -0.2) is 4.57 Å². The Morgan fingerprint density at radius 1 is 0.792 bits per heavy atom. The molecule has 1 aromatic heterocycles. The van der Waals surface area contributed by atoms with Crippen LogP contribution in [0.5, 0.6) is 0 Å². The number of methoxy groups -OCH3 is 1. The van der Waals surface area contributed by atoms with Crippen LogP contribution < -0.4 is 4.57 Å². The van der Waals surface area contributed by atoms with Crippen LogP contribution in [0.1, 0.15) is 32.3 Å². The third kappa shape index (κ3) is 9.33. The molecule has 0 aliphatic rings. The molecule has 0 bridgehead atoms. The van der Waals surface area contributed by atoms with E-state index in [-0.39, 0.29) is 0 Å². The molecule has 0 N–H and O–H groups in total. The standard InChI is InChI=1S/C19H34NO4/c1-17(2)18(3)19-5-7-20(8-6-19)9-10-22-13-14-24-16-15-23-12-11-21-4/h5-8,17-18H,9-16H2,1-4H3/q+1. The summed E-state index contributed by atoms with van der Waals surface area (Å²) in [6, 6.07) is 4.41. The first-order chi connectivity index (χ1) is 11.6. The van der Waals surface area contributed by atoms with Gasteiger partial charge in [-0.1, -0.05) is 20.8 Å². The van der Waals surface area contributed by atoms with Crippen LogP contribution in [0.2, 0.25) is 0 Å². The molecule has 0 saturated heterocycles. The molecule has 1 atom stereocenters. The van der Waals surface area contributed by atoms with Gasteiger partial charge < -0.3 is 18.9 Å². The topological polar surface area (TPSA) is 40.8 Å². The van der Waals surface area contributed by atoms with Gasteiger partial charge in [0.05, 0.1) is 39.6 Å². The normalized spacial score (nSPS) is 12.7. The van der Waals surface area contributed by atoms with Gasteiger partial charge in [0.25, 0.3) is 0 Å². The summed E-state index contributed by atoms with van der Waals surface area (Å²) in [5.74, 6) is 1.25. The van der Waals surface area contributed by atoms with Gasteiger partial charge in [0.2, 0.25) is 0 Å². The number of ether oxygens (including phenoxy) is 4. The van der Waals surface area contributed by atoms with E-state index in [4.69, 9.17) is 18.9 Å². The zero-order valence-electron chi connectivity index (χ0n) is 15.7. The average Bonchev–Trinajstić information content (AvgIpc) is 2.59. The van der Waals surface area contributed by atoms with E-state index >= 15 is 0 Å². The Balaban J connectivity index is 2.01. The average molecular weight is 340 g/mol. The lowest BCUT2D eigenvalue weighted by Crippen LogP contribution is -2.35. The molecule has 1 heterocycles. The van der Waals surface area contributed by atoms with E-state index in [2.05, 4.69) is 49.9 Å². The molecule has 1 rings (SSSR count). The Labute approximate surface area is 146 Å². The molecule has 24 heavy (non-hydrogen) atoms. The molecular weight excluding hydrogens is 306 g/mol. The lowest BCUT2D eigenvalue weighted by atomic mass is 9.91. The van der Waals surface area contributed by atoms with E-state index in [9.17, 15) is 0 Å². The van der Waals surface area contributed by atoms with E-state index in [0.717, 1.165) is 6.54 Å². The molecule has 1 unspecified atom stereocenters. The first kappa shape index (κ1) is 21.0. The zero-order chi connectivity index (χ0) is 17.6. The quantitative estimate of drug-likeness (QED) is 0.385. The molecular formula is C19H34NO4+. The number of hydrogen-bond acceptors (Lipinski definition) is 4. The second-order valence-electron chi connectivity index (χ2n) is 6.23. The van der Waals surface area contributed by atoms with Gasteiger partial charge in [0, 0.05) is 19.2 Å². The Bertz CT molecular complexity index is 408. The van der Waals surface area contributed by atoms with E-state index in [0.29, 0.717) is 58.1 Å². The predicted molar refractivity (Wildman–Crippen MR) is 94.2 cm³/mol. The molecule has 0 radical (unpaired) electrons. The maximum Gasteiger partial charge on any atom is 0.171 e. The molecule has 1 aromatic rings. The molecule has 138 valence electrons. The van der Waals surface area contributed by atoms with Crippen molar-refractivity contribution in [2.24, 2.45) is 5.92 Å². The monoisotopic (exact) mass is 340 g/mol. The maximum absolute atomic E-state index is 5.59. The molecule has 5 nitrogen and oxygen atoms in total. The number of hydrogen-bond donors (Lipinski definition) is 0. The third-order valence-corrected chi connectivity index (χ3v) is 4.11. The first-order valence-electron chi connectivity index (χ1n) is 8.86. The zero-order valence-corrected chi connectivity index (χ0v) is 15.7. The van der Waals surface area contributed by atoms with Gasteiger partial charge in [-0.05, 0) is 17.4 Å². The number of aromatic nitrogens is 1. The summed E-state index contributed by atoms with van der Waals surface area (Å²) in [7, 11) is 1.66. The van der Waals surface area contributed by atoms with Gasteiger partial charge in [0.15, 0.2) is 18.9 Å². The van der Waals surface area contributed by atoms with Gasteiger partial charge >= 0.3 is 0 Å². The Hall–Kier alpha value is -1.01. The van der Waals surface area contributed by atoms with Crippen LogP contribution in [0.4, 0.5) is 0 Å².